The number of halogens is 1. The van der Waals surface area contributed by atoms with Crippen molar-refractivity contribution in [1.82, 2.24) is 9.55 Å². The first-order valence-electron chi connectivity index (χ1n) is 5.86. The summed E-state index contributed by atoms with van der Waals surface area (Å²) < 4.78 is 2.23. The van der Waals surface area contributed by atoms with Gasteiger partial charge in [-0.15, -0.1) is 11.3 Å². The van der Waals surface area contributed by atoms with Crippen molar-refractivity contribution in [2.75, 3.05) is 0 Å². The Labute approximate surface area is 118 Å². The number of aromatic nitrogens is 2. The van der Waals surface area contributed by atoms with Gasteiger partial charge in [-0.25, -0.2) is 9.78 Å². The molecule has 0 aliphatic carbocycles. The number of imidazole rings is 1. The van der Waals surface area contributed by atoms with Crippen LogP contribution in [0.3, 0.4) is 0 Å². The van der Waals surface area contributed by atoms with Gasteiger partial charge >= 0.3 is 5.97 Å². The highest BCUT2D eigenvalue weighted by atomic mass is 35.5. The van der Waals surface area contributed by atoms with Gasteiger partial charge in [0.15, 0.2) is 11.5 Å². The molecule has 0 fully saturated rings. The minimum Gasteiger partial charge on any atom is -0.476 e. The van der Waals surface area contributed by atoms with Crippen LogP contribution in [-0.2, 0) is 6.42 Å². The van der Waals surface area contributed by atoms with E-state index in [1.165, 1.54) is 11.3 Å². The number of carboxylic acid groups (broad SMARTS) is 1. The van der Waals surface area contributed by atoms with Crippen LogP contribution in [-0.4, -0.2) is 25.7 Å². The van der Waals surface area contributed by atoms with Crippen molar-refractivity contribution in [1.29, 1.82) is 0 Å². The molecule has 100 valence electrons. The van der Waals surface area contributed by atoms with Crippen molar-refractivity contribution in [3.63, 3.8) is 0 Å². The molecule has 0 amide bonds. The standard InChI is InChI=1S/C12H11ClN2O3S/c13-8-5-4-7(19-8)11-14-10(12(17)18)6-2-1-3-9(16)15(6)11/h4-5,9,16H,1-3H2,(H,17,18). The van der Waals surface area contributed by atoms with E-state index in [1.54, 1.807) is 16.7 Å². The van der Waals surface area contributed by atoms with Crippen LogP contribution < -0.4 is 0 Å². The molecule has 3 rings (SSSR count). The summed E-state index contributed by atoms with van der Waals surface area (Å²) in [6.45, 7) is 0. The number of aliphatic hydroxyl groups excluding tert-OH is 1. The van der Waals surface area contributed by atoms with Gasteiger partial charge in [-0.05, 0) is 31.4 Å². The van der Waals surface area contributed by atoms with Crippen molar-refractivity contribution >= 4 is 28.9 Å². The lowest BCUT2D eigenvalue weighted by Gasteiger charge is -2.22. The highest BCUT2D eigenvalue weighted by Gasteiger charge is 2.29. The molecule has 0 bridgehead atoms. The van der Waals surface area contributed by atoms with Gasteiger partial charge in [-0.3, -0.25) is 0 Å². The van der Waals surface area contributed by atoms with Gasteiger partial charge in [0.05, 0.1) is 14.9 Å². The van der Waals surface area contributed by atoms with Gasteiger partial charge in [0, 0.05) is 0 Å². The Morgan fingerprint density at radius 2 is 2.32 bits per heavy atom. The Morgan fingerprint density at radius 3 is 2.95 bits per heavy atom. The van der Waals surface area contributed by atoms with Crippen LogP contribution in [0.25, 0.3) is 10.7 Å². The van der Waals surface area contributed by atoms with Crippen molar-refractivity contribution < 1.29 is 15.0 Å². The monoisotopic (exact) mass is 298 g/mol. The van der Waals surface area contributed by atoms with E-state index < -0.39 is 12.2 Å². The van der Waals surface area contributed by atoms with Gasteiger partial charge in [-0.1, -0.05) is 11.6 Å². The predicted molar refractivity (Wildman–Crippen MR) is 71.7 cm³/mol. The van der Waals surface area contributed by atoms with E-state index in [1.807, 2.05) is 0 Å². The number of rotatable bonds is 2. The largest absolute Gasteiger partial charge is 0.476 e. The van der Waals surface area contributed by atoms with Crippen LogP contribution in [0, 0.1) is 0 Å². The van der Waals surface area contributed by atoms with Crippen molar-refractivity contribution in [2.45, 2.75) is 25.5 Å². The third-order valence-corrected chi connectivity index (χ3v) is 4.41. The summed E-state index contributed by atoms with van der Waals surface area (Å²) in [6, 6.07) is 3.52. The number of aliphatic hydroxyl groups is 1. The van der Waals surface area contributed by atoms with Crippen molar-refractivity contribution in [2.24, 2.45) is 0 Å². The minimum absolute atomic E-state index is 0.0262. The molecule has 0 radical (unpaired) electrons. The van der Waals surface area contributed by atoms with Crippen molar-refractivity contribution in [3.8, 4) is 10.7 Å². The van der Waals surface area contributed by atoms with Crippen molar-refractivity contribution in [3.05, 3.63) is 27.9 Å². The van der Waals surface area contributed by atoms with Gasteiger partial charge in [-0.2, -0.15) is 0 Å². The van der Waals surface area contributed by atoms with E-state index >= 15 is 0 Å². The summed E-state index contributed by atoms with van der Waals surface area (Å²) in [6.07, 6.45) is 1.26. The molecule has 2 N–H and O–H groups in total. The molecular formula is C12H11ClN2O3S. The molecule has 19 heavy (non-hydrogen) atoms. The summed E-state index contributed by atoms with van der Waals surface area (Å²) in [7, 11) is 0. The molecule has 0 saturated heterocycles. The Morgan fingerprint density at radius 1 is 1.53 bits per heavy atom. The molecule has 7 heteroatoms. The summed E-state index contributed by atoms with van der Waals surface area (Å²) >= 11 is 7.22. The average molecular weight is 299 g/mol. The fourth-order valence-corrected chi connectivity index (χ4v) is 3.42. The maximum Gasteiger partial charge on any atom is 0.356 e. The summed E-state index contributed by atoms with van der Waals surface area (Å²) in [4.78, 5) is 16.2. The third kappa shape index (κ3) is 2.05. The van der Waals surface area contributed by atoms with Crippen LogP contribution >= 0.6 is 22.9 Å². The normalized spacial score (nSPS) is 18.3. The van der Waals surface area contributed by atoms with E-state index in [2.05, 4.69) is 4.98 Å². The zero-order valence-electron chi connectivity index (χ0n) is 9.84. The number of hydrogen-bond acceptors (Lipinski definition) is 4. The molecule has 5 nitrogen and oxygen atoms in total. The summed E-state index contributed by atoms with van der Waals surface area (Å²) in [5.41, 5.74) is 0.615. The minimum atomic E-state index is -1.06. The molecular weight excluding hydrogens is 288 g/mol. The Hall–Kier alpha value is -1.37. The Bertz CT molecular complexity index is 649. The highest BCUT2D eigenvalue weighted by molar-refractivity contribution is 7.19. The van der Waals surface area contributed by atoms with Gasteiger partial charge in [0.25, 0.3) is 0 Å². The number of nitrogens with zero attached hydrogens (tertiary/aromatic N) is 2. The summed E-state index contributed by atoms with van der Waals surface area (Å²) in [5.74, 6) is -0.580. The SMILES string of the molecule is O=C(O)c1nc(-c2ccc(Cl)s2)n2c1CCCC2O. The maximum atomic E-state index is 11.2. The first-order valence-corrected chi connectivity index (χ1v) is 7.05. The summed E-state index contributed by atoms with van der Waals surface area (Å²) in [5, 5.41) is 19.3. The molecule has 2 aromatic rings. The second-order valence-electron chi connectivity index (χ2n) is 4.38. The van der Waals surface area contributed by atoms with Crippen LogP contribution in [0.4, 0.5) is 0 Å². The van der Waals surface area contributed by atoms with E-state index in [4.69, 9.17) is 11.6 Å². The molecule has 1 atom stereocenters. The zero-order valence-corrected chi connectivity index (χ0v) is 11.4. The van der Waals surface area contributed by atoms with Gasteiger partial charge in [0.2, 0.25) is 0 Å². The van der Waals surface area contributed by atoms with E-state index in [0.717, 1.165) is 11.3 Å². The molecule has 0 aromatic carbocycles. The molecule has 0 saturated carbocycles. The van der Waals surface area contributed by atoms with Crippen LogP contribution in [0.1, 0.15) is 35.3 Å². The van der Waals surface area contributed by atoms with Crippen LogP contribution in [0.5, 0.6) is 0 Å². The molecule has 1 aliphatic rings. The lowest BCUT2D eigenvalue weighted by atomic mass is 10.1. The van der Waals surface area contributed by atoms with Gasteiger partial charge < -0.3 is 14.8 Å². The lowest BCUT2D eigenvalue weighted by molar-refractivity contribution is 0.0678. The first kappa shape index (κ1) is 12.7. The smallest absolute Gasteiger partial charge is 0.356 e. The van der Waals surface area contributed by atoms with E-state index in [9.17, 15) is 15.0 Å². The quantitative estimate of drug-likeness (QED) is 0.894. The average Bonchev–Trinajstić information content (AvgIpc) is 2.93. The first-order chi connectivity index (χ1) is 9.08. The topological polar surface area (TPSA) is 75.3 Å². The van der Waals surface area contributed by atoms with Crippen LogP contribution in [0.2, 0.25) is 4.34 Å². The molecule has 0 spiro atoms. The van der Waals surface area contributed by atoms with E-state index in [0.29, 0.717) is 28.7 Å². The number of fused-ring (bicyclic) bond motifs is 1. The predicted octanol–water partition coefficient (Wildman–Crippen LogP) is 2.79. The highest BCUT2D eigenvalue weighted by Crippen LogP contribution is 2.36. The van der Waals surface area contributed by atoms with Gasteiger partial charge in [0.1, 0.15) is 6.23 Å². The number of carboxylic acids is 1. The van der Waals surface area contributed by atoms with E-state index in [-0.39, 0.29) is 5.69 Å². The molecule has 2 aromatic heterocycles. The second kappa shape index (κ2) is 4.63. The lowest BCUT2D eigenvalue weighted by Crippen LogP contribution is -2.19. The zero-order chi connectivity index (χ0) is 13.6. The second-order valence-corrected chi connectivity index (χ2v) is 6.10. The number of thiophene rings is 1. The molecule has 3 heterocycles. The molecule has 1 unspecified atom stereocenters. The van der Waals surface area contributed by atoms with Crippen LogP contribution in [0.15, 0.2) is 12.1 Å². The Kier molecular flexibility index (Phi) is 3.08. The maximum absolute atomic E-state index is 11.2. The number of aromatic carboxylic acids is 1. The molecule has 1 aliphatic heterocycles. The number of carbonyl (C=O) groups is 1. The Balaban J connectivity index is 2.22. The fourth-order valence-electron chi connectivity index (χ4n) is 2.39. The third-order valence-electron chi connectivity index (χ3n) is 3.18. The fraction of sp³-hybridized carbons (Fsp3) is 0.333. The number of hydrogen-bond donors (Lipinski definition) is 2.